The maximum atomic E-state index is 12.8. The topological polar surface area (TPSA) is 50.3 Å². The monoisotopic (exact) mass is 439 g/mol. The minimum Gasteiger partial charge on any atom is -0.369 e. The number of hydrogen-bond donors (Lipinski definition) is 0. The van der Waals surface area contributed by atoms with Gasteiger partial charge in [0.1, 0.15) is 0 Å². The fourth-order valence-electron chi connectivity index (χ4n) is 5.48. The van der Waals surface area contributed by atoms with Crippen molar-refractivity contribution < 1.29 is 9.59 Å². The van der Waals surface area contributed by atoms with Gasteiger partial charge in [-0.25, -0.2) is 0 Å². The van der Waals surface area contributed by atoms with Crippen LogP contribution in [0.3, 0.4) is 0 Å². The second-order valence-electron chi connectivity index (χ2n) is 9.81. The van der Waals surface area contributed by atoms with Crippen molar-refractivity contribution in [1.29, 1.82) is 0 Å². The summed E-state index contributed by atoms with van der Waals surface area (Å²) in [7, 11) is 0. The van der Waals surface area contributed by atoms with Crippen LogP contribution in [0.15, 0.2) is 24.3 Å². The van der Waals surface area contributed by atoms with Gasteiger partial charge in [-0.1, -0.05) is 12.5 Å². The number of anilines is 1. The third-order valence-electron chi connectivity index (χ3n) is 7.84. The highest BCUT2D eigenvalue weighted by atomic mass is 16.2. The lowest BCUT2D eigenvalue weighted by Gasteiger charge is -2.43. The third-order valence-corrected chi connectivity index (χ3v) is 7.84. The zero-order chi connectivity index (χ0) is 21.9. The van der Waals surface area contributed by atoms with Crippen molar-refractivity contribution in [3.63, 3.8) is 0 Å². The number of benzene rings is 1. The number of hydrogen-bond acceptors (Lipinski definition) is 5. The Morgan fingerprint density at radius 1 is 0.781 bits per heavy atom. The smallest absolute Gasteiger partial charge is 0.253 e. The Labute approximate surface area is 191 Å². The molecule has 0 bridgehead atoms. The zero-order valence-corrected chi connectivity index (χ0v) is 19.3. The fraction of sp³-hybridized carbons (Fsp3) is 0.680. The summed E-state index contributed by atoms with van der Waals surface area (Å²) in [5, 5.41) is 0. The Morgan fingerprint density at radius 2 is 1.50 bits per heavy atom. The summed E-state index contributed by atoms with van der Waals surface area (Å²) in [5.74, 6) is 0.441. The van der Waals surface area contributed by atoms with Crippen LogP contribution in [0.1, 0.15) is 42.5 Å². The summed E-state index contributed by atoms with van der Waals surface area (Å²) in [6, 6.07) is 8.86. The van der Waals surface area contributed by atoms with E-state index in [1.54, 1.807) is 0 Å². The number of rotatable bonds is 5. The van der Waals surface area contributed by atoms with Crippen molar-refractivity contribution in [2.24, 2.45) is 0 Å². The second kappa shape index (κ2) is 9.79. The van der Waals surface area contributed by atoms with Gasteiger partial charge in [0.05, 0.1) is 6.54 Å². The molecule has 0 N–H and O–H groups in total. The van der Waals surface area contributed by atoms with Crippen LogP contribution >= 0.6 is 0 Å². The van der Waals surface area contributed by atoms with Crippen LogP contribution in [0.4, 0.5) is 5.69 Å². The van der Waals surface area contributed by atoms with E-state index in [9.17, 15) is 9.59 Å². The lowest BCUT2D eigenvalue weighted by atomic mass is 9.91. The van der Waals surface area contributed by atoms with E-state index in [2.05, 4.69) is 25.7 Å². The van der Waals surface area contributed by atoms with Crippen molar-refractivity contribution >= 4 is 17.5 Å². The van der Waals surface area contributed by atoms with Crippen LogP contribution in [-0.2, 0) is 4.79 Å². The first-order chi connectivity index (χ1) is 15.7. The van der Waals surface area contributed by atoms with Gasteiger partial charge in [0.2, 0.25) is 5.91 Å². The molecule has 32 heavy (non-hydrogen) atoms. The first-order valence-electron chi connectivity index (χ1n) is 12.6. The molecule has 7 heteroatoms. The molecule has 3 heterocycles. The van der Waals surface area contributed by atoms with Gasteiger partial charge >= 0.3 is 0 Å². The average molecular weight is 440 g/mol. The quantitative estimate of drug-likeness (QED) is 0.700. The molecule has 0 radical (unpaired) electrons. The Kier molecular flexibility index (Phi) is 6.64. The molecule has 0 aromatic heterocycles. The molecule has 1 aromatic carbocycles. The van der Waals surface area contributed by atoms with E-state index < -0.39 is 0 Å². The molecule has 4 aliphatic rings. The van der Waals surface area contributed by atoms with E-state index >= 15 is 0 Å². The van der Waals surface area contributed by atoms with E-state index in [-0.39, 0.29) is 11.8 Å². The highest BCUT2D eigenvalue weighted by Gasteiger charge is 2.30. The Balaban J connectivity index is 1.09. The molecule has 3 saturated heterocycles. The highest BCUT2D eigenvalue weighted by molar-refractivity contribution is 5.95. The fourth-order valence-corrected chi connectivity index (χ4v) is 5.48. The molecule has 5 rings (SSSR count). The van der Waals surface area contributed by atoms with E-state index in [0.29, 0.717) is 6.54 Å². The van der Waals surface area contributed by atoms with E-state index in [1.807, 2.05) is 23.1 Å². The van der Waals surface area contributed by atoms with Gasteiger partial charge in [-0.3, -0.25) is 19.4 Å². The summed E-state index contributed by atoms with van der Waals surface area (Å²) in [6.07, 6.45) is 6.28. The molecular formula is C25H37N5O2. The lowest BCUT2D eigenvalue weighted by Crippen LogP contribution is -2.56. The number of carbonyl (C=O) groups is 2. The van der Waals surface area contributed by atoms with Gasteiger partial charge in [-0.15, -0.1) is 0 Å². The maximum Gasteiger partial charge on any atom is 0.253 e. The van der Waals surface area contributed by atoms with Crippen LogP contribution in [0.25, 0.3) is 0 Å². The van der Waals surface area contributed by atoms with Crippen molar-refractivity contribution in [1.82, 2.24) is 19.6 Å². The molecule has 7 nitrogen and oxygen atoms in total. The zero-order valence-electron chi connectivity index (χ0n) is 19.3. The molecular weight excluding hydrogens is 402 g/mol. The summed E-state index contributed by atoms with van der Waals surface area (Å²) in [4.78, 5) is 36.8. The third kappa shape index (κ3) is 4.79. The molecule has 1 aromatic rings. The van der Waals surface area contributed by atoms with Crippen molar-refractivity contribution in [3.8, 4) is 0 Å². The molecule has 1 saturated carbocycles. The first-order valence-corrected chi connectivity index (χ1v) is 12.6. The molecule has 1 aliphatic carbocycles. The Bertz CT molecular complexity index is 804. The number of carbonyl (C=O) groups excluding carboxylic acids is 2. The number of likely N-dealkylation sites (tertiary alicyclic amines) is 1. The van der Waals surface area contributed by atoms with Crippen LogP contribution in [0.2, 0.25) is 0 Å². The molecule has 0 spiro atoms. The minimum atomic E-state index is 0.158. The Morgan fingerprint density at radius 3 is 2.16 bits per heavy atom. The Hall–Kier alpha value is -2.12. The normalized spacial score (nSPS) is 23.4. The van der Waals surface area contributed by atoms with Gasteiger partial charge in [0, 0.05) is 82.7 Å². The van der Waals surface area contributed by atoms with Crippen molar-refractivity contribution in [2.45, 2.75) is 38.1 Å². The lowest BCUT2D eigenvalue weighted by molar-refractivity contribution is -0.134. The number of piperazine rings is 2. The van der Waals surface area contributed by atoms with Gasteiger partial charge in [-0.2, -0.15) is 0 Å². The molecule has 3 aliphatic heterocycles. The van der Waals surface area contributed by atoms with Crippen LogP contribution in [-0.4, -0.2) is 109 Å². The predicted octanol–water partition coefficient (Wildman–Crippen LogP) is 1.74. The molecule has 0 unspecified atom stereocenters. The highest BCUT2D eigenvalue weighted by Crippen LogP contribution is 2.25. The van der Waals surface area contributed by atoms with Gasteiger partial charge < -0.3 is 14.7 Å². The van der Waals surface area contributed by atoms with Gasteiger partial charge in [-0.05, 0) is 43.9 Å². The predicted molar refractivity (Wildman–Crippen MR) is 126 cm³/mol. The molecule has 2 amide bonds. The summed E-state index contributed by atoms with van der Waals surface area (Å²) in [5.41, 5.74) is 1.91. The minimum absolute atomic E-state index is 0.158. The summed E-state index contributed by atoms with van der Waals surface area (Å²) in [6.45, 7) is 9.69. The average Bonchev–Trinajstić information content (AvgIpc) is 3.33. The van der Waals surface area contributed by atoms with E-state index in [4.69, 9.17) is 0 Å². The number of nitrogens with zero attached hydrogens (tertiary/aromatic N) is 5. The van der Waals surface area contributed by atoms with Crippen molar-refractivity contribution in [2.75, 3.05) is 76.9 Å². The first kappa shape index (κ1) is 21.7. The van der Waals surface area contributed by atoms with Crippen molar-refractivity contribution in [3.05, 3.63) is 29.8 Å². The van der Waals surface area contributed by atoms with Gasteiger partial charge in [0.15, 0.2) is 0 Å². The van der Waals surface area contributed by atoms with Crippen LogP contribution < -0.4 is 4.90 Å². The number of amides is 2. The largest absolute Gasteiger partial charge is 0.369 e. The second-order valence-corrected chi connectivity index (χ2v) is 9.81. The molecule has 174 valence electrons. The SMILES string of the molecule is O=C(CN1CCN(c2cccc(C(=O)N3CCCC3)c2)CC1)N1CCN(C2CCC2)CC1. The molecule has 0 atom stereocenters. The van der Waals surface area contributed by atoms with E-state index in [0.717, 1.165) is 95.6 Å². The maximum absolute atomic E-state index is 12.8. The molecule has 4 fully saturated rings. The van der Waals surface area contributed by atoms with Crippen LogP contribution in [0, 0.1) is 0 Å². The summed E-state index contributed by atoms with van der Waals surface area (Å²) >= 11 is 0. The standard InChI is InChI=1S/C25H37N5O2/c31-24(29-17-15-27(16-18-29)22-6-4-7-22)20-26-11-13-28(14-12-26)23-8-3-5-21(19-23)25(32)30-9-1-2-10-30/h3,5,8,19,22H,1-2,4,6-7,9-18,20H2. The van der Waals surface area contributed by atoms with Gasteiger partial charge in [0.25, 0.3) is 5.91 Å². The van der Waals surface area contributed by atoms with E-state index in [1.165, 1.54) is 19.3 Å². The summed E-state index contributed by atoms with van der Waals surface area (Å²) < 4.78 is 0. The van der Waals surface area contributed by atoms with Crippen LogP contribution in [0.5, 0.6) is 0 Å².